The Balaban J connectivity index is 1.78. The van der Waals surface area contributed by atoms with E-state index < -0.39 is 0 Å². The highest BCUT2D eigenvalue weighted by Crippen LogP contribution is 2.22. The third kappa shape index (κ3) is 5.57. The molecule has 1 nitrogen and oxygen atoms in total. The zero-order valence-corrected chi connectivity index (χ0v) is 15.3. The molecule has 1 heterocycles. The summed E-state index contributed by atoms with van der Waals surface area (Å²) in [5, 5.41) is 3.61. The number of hydrogen-bond acceptors (Lipinski definition) is 2. The molecule has 0 saturated heterocycles. The van der Waals surface area contributed by atoms with Gasteiger partial charge in [0.1, 0.15) is 0 Å². The first-order valence-corrected chi connectivity index (χ1v) is 9.36. The second-order valence-corrected chi connectivity index (χ2v) is 8.02. The summed E-state index contributed by atoms with van der Waals surface area (Å²) in [7, 11) is 0. The van der Waals surface area contributed by atoms with Crippen LogP contribution in [0.5, 0.6) is 0 Å². The summed E-state index contributed by atoms with van der Waals surface area (Å²) in [6, 6.07) is 13.8. The monoisotopic (exact) mass is 365 g/mol. The Morgan fingerprint density at radius 3 is 2.48 bits per heavy atom. The van der Waals surface area contributed by atoms with Crippen molar-refractivity contribution in [3.05, 3.63) is 56.2 Å². The lowest BCUT2D eigenvalue weighted by Gasteiger charge is -2.14. The molecule has 0 aliphatic heterocycles. The van der Waals surface area contributed by atoms with Gasteiger partial charge >= 0.3 is 0 Å². The summed E-state index contributed by atoms with van der Waals surface area (Å²) in [6.07, 6.45) is 4.84. The lowest BCUT2D eigenvalue weighted by atomic mass is 10.0. The number of hydrogen-bond donors (Lipinski definition) is 1. The number of halogens is 1. The van der Waals surface area contributed by atoms with E-state index in [-0.39, 0.29) is 0 Å². The zero-order valence-electron chi connectivity index (χ0n) is 12.9. The standard InChI is InChI=1S/C18H24BrNS/c1-3-4-5-15-6-8-16(9-7-15)14(2)20-13-12-17-10-11-18(19)21-17/h6-11,14,20H,3-5,12-13H2,1-2H3. The molecule has 0 amide bonds. The molecule has 0 radical (unpaired) electrons. The topological polar surface area (TPSA) is 12.0 Å². The highest BCUT2D eigenvalue weighted by Gasteiger charge is 2.05. The molecule has 2 aromatic rings. The number of aryl methyl sites for hydroxylation is 1. The second kappa shape index (κ2) is 8.72. The van der Waals surface area contributed by atoms with Gasteiger partial charge in [-0.25, -0.2) is 0 Å². The first kappa shape index (κ1) is 16.7. The third-order valence-corrected chi connectivity index (χ3v) is 5.43. The number of unbranched alkanes of at least 4 members (excludes halogenated alkanes) is 1. The maximum atomic E-state index is 3.61. The van der Waals surface area contributed by atoms with E-state index in [9.17, 15) is 0 Å². The summed E-state index contributed by atoms with van der Waals surface area (Å²) in [5.41, 5.74) is 2.83. The fourth-order valence-electron chi connectivity index (χ4n) is 2.37. The average Bonchev–Trinajstić information content (AvgIpc) is 2.91. The van der Waals surface area contributed by atoms with Crippen LogP contribution in [0.1, 0.15) is 48.7 Å². The van der Waals surface area contributed by atoms with Crippen LogP contribution >= 0.6 is 27.3 Å². The minimum absolute atomic E-state index is 0.411. The zero-order chi connectivity index (χ0) is 15.1. The van der Waals surface area contributed by atoms with Crippen molar-refractivity contribution in [2.24, 2.45) is 0 Å². The van der Waals surface area contributed by atoms with Gasteiger partial charge in [0.15, 0.2) is 0 Å². The molecule has 1 N–H and O–H groups in total. The summed E-state index contributed by atoms with van der Waals surface area (Å²) < 4.78 is 1.22. The van der Waals surface area contributed by atoms with Gasteiger partial charge in [-0.15, -0.1) is 11.3 Å². The molecule has 1 unspecified atom stereocenters. The molecule has 0 aliphatic rings. The van der Waals surface area contributed by atoms with Gasteiger partial charge < -0.3 is 5.32 Å². The van der Waals surface area contributed by atoms with Crippen LogP contribution in [-0.2, 0) is 12.8 Å². The van der Waals surface area contributed by atoms with Crippen molar-refractivity contribution in [1.29, 1.82) is 0 Å². The van der Waals surface area contributed by atoms with E-state index in [1.54, 1.807) is 0 Å². The molecule has 3 heteroatoms. The van der Waals surface area contributed by atoms with Crippen LogP contribution in [0.2, 0.25) is 0 Å². The van der Waals surface area contributed by atoms with E-state index in [4.69, 9.17) is 0 Å². The number of rotatable bonds is 8. The largest absolute Gasteiger partial charge is 0.310 e. The number of nitrogens with one attached hydrogen (secondary N) is 1. The predicted octanol–water partition coefficient (Wildman–Crippen LogP) is 5.75. The Kier molecular flexibility index (Phi) is 6.94. The summed E-state index contributed by atoms with van der Waals surface area (Å²) in [4.78, 5) is 1.43. The van der Waals surface area contributed by atoms with E-state index in [0.29, 0.717) is 6.04 Å². The Morgan fingerprint density at radius 1 is 1.10 bits per heavy atom. The fraction of sp³-hybridized carbons (Fsp3) is 0.444. The molecule has 0 saturated carbocycles. The summed E-state index contributed by atoms with van der Waals surface area (Å²) in [6.45, 7) is 5.50. The SMILES string of the molecule is CCCCc1ccc(C(C)NCCc2ccc(Br)s2)cc1. The molecule has 1 aromatic carbocycles. The maximum Gasteiger partial charge on any atom is 0.0701 e. The molecule has 0 bridgehead atoms. The summed E-state index contributed by atoms with van der Waals surface area (Å²) in [5.74, 6) is 0. The molecule has 0 spiro atoms. The first-order chi connectivity index (χ1) is 10.2. The highest BCUT2D eigenvalue weighted by molar-refractivity contribution is 9.11. The van der Waals surface area contributed by atoms with Crippen molar-refractivity contribution in [2.45, 2.75) is 45.6 Å². The van der Waals surface area contributed by atoms with Crippen LogP contribution in [0.3, 0.4) is 0 Å². The van der Waals surface area contributed by atoms with E-state index in [1.165, 1.54) is 39.1 Å². The number of thiophene rings is 1. The maximum absolute atomic E-state index is 3.61. The average molecular weight is 366 g/mol. The Labute approximate surface area is 140 Å². The van der Waals surface area contributed by atoms with Crippen LogP contribution in [0, 0.1) is 0 Å². The van der Waals surface area contributed by atoms with Gasteiger partial charge in [0.25, 0.3) is 0 Å². The first-order valence-electron chi connectivity index (χ1n) is 7.75. The molecule has 114 valence electrons. The molecule has 21 heavy (non-hydrogen) atoms. The van der Waals surface area contributed by atoms with E-state index in [2.05, 4.69) is 71.5 Å². The normalized spacial score (nSPS) is 12.5. The van der Waals surface area contributed by atoms with Crippen molar-refractivity contribution in [2.75, 3.05) is 6.54 Å². The van der Waals surface area contributed by atoms with Crippen LogP contribution in [0.25, 0.3) is 0 Å². The molecular weight excluding hydrogens is 342 g/mol. The molecular formula is C18H24BrNS. The van der Waals surface area contributed by atoms with Crippen molar-refractivity contribution in [1.82, 2.24) is 5.32 Å². The van der Waals surface area contributed by atoms with Gasteiger partial charge in [-0.05, 0) is 65.4 Å². The molecule has 0 aliphatic carbocycles. The van der Waals surface area contributed by atoms with Crippen LogP contribution in [0.15, 0.2) is 40.2 Å². The molecule has 1 atom stereocenters. The van der Waals surface area contributed by atoms with E-state index >= 15 is 0 Å². The van der Waals surface area contributed by atoms with Gasteiger partial charge in [0.2, 0.25) is 0 Å². The fourth-order valence-corrected chi connectivity index (χ4v) is 3.85. The quantitative estimate of drug-likeness (QED) is 0.628. The Hall–Kier alpha value is -0.640. The Bertz CT molecular complexity index is 532. The summed E-state index contributed by atoms with van der Waals surface area (Å²) >= 11 is 5.33. The van der Waals surface area contributed by atoms with Crippen molar-refractivity contribution in [3.8, 4) is 0 Å². The van der Waals surface area contributed by atoms with E-state index in [1.807, 2.05) is 11.3 Å². The van der Waals surface area contributed by atoms with Gasteiger partial charge in [-0.2, -0.15) is 0 Å². The van der Waals surface area contributed by atoms with Gasteiger partial charge in [0.05, 0.1) is 3.79 Å². The van der Waals surface area contributed by atoms with Gasteiger partial charge in [-0.3, -0.25) is 0 Å². The van der Waals surface area contributed by atoms with Crippen molar-refractivity contribution >= 4 is 27.3 Å². The third-order valence-electron chi connectivity index (χ3n) is 3.75. The molecule has 1 aromatic heterocycles. The highest BCUT2D eigenvalue weighted by atomic mass is 79.9. The van der Waals surface area contributed by atoms with Crippen molar-refractivity contribution < 1.29 is 0 Å². The van der Waals surface area contributed by atoms with Crippen LogP contribution in [-0.4, -0.2) is 6.54 Å². The number of benzene rings is 1. The van der Waals surface area contributed by atoms with Crippen LogP contribution < -0.4 is 5.32 Å². The lowest BCUT2D eigenvalue weighted by Crippen LogP contribution is -2.21. The van der Waals surface area contributed by atoms with E-state index in [0.717, 1.165) is 13.0 Å². The lowest BCUT2D eigenvalue weighted by molar-refractivity contribution is 0.578. The van der Waals surface area contributed by atoms with Gasteiger partial charge in [-0.1, -0.05) is 37.6 Å². The van der Waals surface area contributed by atoms with Gasteiger partial charge in [0, 0.05) is 17.5 Å². The molecule has 0 fully saturated rings. The molecule has 2 rings (SSSR count). The van der Waals surface area contributed by atoms with Crippen LogP contribution in [0.4, 0.5) is 0 Å². The Morgan fingerprint density at radius 2 is 1.86 bits per heavy atom. The smallest absolute Gasteiger partial charge is 0.0701 e. The predicted molar refractivity (Wildman–Crippen MR) is 97.2 cm³/mol. The minimum Gasteiger partial charge on any atom is -0.310 e. The minimum atomic E-state index is 0.411. The second-order valence-electron chi connectivity index (χ2n) is 5.48. The van der Waals surface area contributed by atoms with Crippen molar-refractivity contribution in [3.63, 3.8) is 0 Å².